The fourth-order valence-corrected chi connectivity index (χ4v) is 5.26. The van der Waals surface area contributed by atoms with E-state index in [0.29, 0.717) is 23.7 Å². The third-order valence-electron chi connectivity index (χ3n) is 7.43. The molecule has 1 saturated carbocycles. The van der Waals surface area contributed by atoms with Crippen LogP contribution in [0.15, 0.2) is 64.6 Å². The third kappa shape index (κ3) is 4.34. The Bertz CT molecular complexity index is 1320. The summed E-state index contributed by atoms with van der Waals surface area (Å²) in [6, 6.07) is 13.9. The largest absolute Gasteiger partial charge is 0.436 e. The van der Waals surface area contributed by atoms with Crippen LogP contribution in [0.25, 0.3) is 22.6 Å². The molecule has 0 N–H and O–H groups in total. The third-order valence-corrected chi connectivity index (χ3v) is 7.43. The number of fused-ring (bicyclic) bond motifs is 1. The molecule has 0 bridgehead atoms. The first-order valence-corrected chi connectivity index (χ1v) is 12.9. The van der Waals surface area contributed by atoms with Crippen LogP contribution in [0, 0.1) is 5.92 Å². The molecular formula is C29H29N3O4. The zero-order valence-electron chi connectivity index (χ0n) is 20.2. The molecule has 2 aromatic carbocycles. The van der Waals surface area contributed by atoms with Gasteiger partial charge in [-0.1, -0.05) is 23.8 Å². The lowest BCUT2D eigenvalue weighted by Crippen LogP contribution is -2.46. The second-order valence-corrected chi connectivity index (χ2v) is 9.98. The van der Waals surface area contributed by atoms with Crippen molar-refractivity contribution in [1.29, 1.82) is 0 Å². The molecule has 2 fully saturated rings. The van der Waals surface area contributed by atoms with Gasteiger partial charge in [-0.25, -0.2) is 9.88 Å². The van der Waals surface area contributed by atoms with Crippen LogP contribution in [-0.2, 0) is 14.4 Å². The van der Waals surface area contributed by atoms with Crippen LogP contribution in [0.4, 0.5) is 5.69 Å². The van der Waals surface area contributed by atoms with E-state index in [1.54, 1.807) is 29.2 Å². The lowest BCUT2D eigenvalue weighted by Gasteiger charge is -2.28. The molecule has 1 saturated heterocycles. The average molecular weight is 484 g/mol. The summed E-state index contributed by atoms with van der Waals surface area (Å²) in [5.41, 5.74) is 4.10. The van der Waals surface area contributed by atoms with Crippen LogP contribution in [0.3, 0.4) is 0 Å². The zero-order chi connectivity index (χ0) is 24.6. The van der Waals surface area contributed by atoms with E-state index in [0.717, 1.165) is 43.2 Å². The number of hydrogen-bond donors (Lipinski definition) is 0. The van der Waals surface area contributed by atoms with E-state index in [-0.39, 0.29) is 30.1 Å². The first kappa shape index (κ1) is 22.7. The molecule has 184 valence electrons. The van der Waals surface area contributed by atoms with E-state index < -0.39 is 6.04 Å². The van der Waals surface area contributed by atoms with Crippen molar-refractivity contribution in [3.05, 3.63) is 60.2 Å². The Hall–Kier alpha value is -3.74. The van der Waals surface area contributed by atoms with Gasteiger partial charge in [-0.2, -0.15) is 0 Å². The first-order chi connectivity index (χ1) is 17.6. The number of carbonyl (C=O) groups is 3. The Labute approximate surface area is 209 Å². The second-order valence-electron chi connectivity index (χ2n) is 9.98. The molecule has 2 heterocycles. The Morgan fingerprint density at radius 2 is 1.86 bits per heavy atom. The minimum Gasteiger partial charge on any atom is -0.436 e. The molecule has 7 heteroatoms. The number of benzene rings is 2. The van der Waals surface area contributed by atoms with Crippen LogP contribution < -0.4 is 4.90 Å². The van der Waals surface area contributed by atoms with Gasteiger partial charge >= 0.3 is 0 Å². The number of rotatable bonds is 7. The molecule has 3 amide bonds. The lowest BCUT2D eigenvalue weighted by molar-refractivity contribution is -0.139. The molecule has 3 aromatic rings. The maximum absolute atomic E-state index is 13.5. The maximum Gasteiger partial charge on any atom is 0.257 e. The van der Waals surface area contributed by atoms with Gasteiger partial charge in [-0.15, -0.1) is 0 Å². The molecule has 36 heavy (non-hydrogen) atoms. The van der Waals surface area contributed by atoms with Crippen molar-refractivity contribution in [3.63, 3.8) is 0 Å². The summed E-state index contributed by atoms with van der Waals surface area (Å²) < 4.78 is 5.83. The molecule has 0 spiro atoms. The molecule has 2 aliphatic carbocycles. The van der Waals surface area contributed by atoms with Crippen LogP contribution in [0.5, 0.6) is 0 Å². The Kier molecular flexibility index (Phi) is 5.91. The van der Waals surface area contributed by atoms with Crippen molar-refractivity contribution in [2.24, 2.45) is 5.92 Å². The molecule has 0 radical (unpaired) electrons. The van der Waals surface area contributed by atoms with E-state index in [2.05, 4.69) is 11.1 Å². The van der Waals surface area contributed by atoms with E-state index in [4.69, 9.17) is 4.42 Å². The van der Waals surface area contributed by atoms with E-state index in [1.165, 1.54) is 23.3 Å². The Morgan fingerprint density at radius 3 is 2.58 bits per heavy atom. The number of carbonyl (C=O) groups excluding carboxylic acids is 3. The number of nitrogens with zero attached hydrogens (tertiary/aromatic N) is 3. The van der Waals surface area contributed by atoms with Crippen LogP contribution in [-0.4, -0.2) is 40.2 Å². The van der Waals surface area contributed by atoms with Gasteiger partial charge in [0.2, 0.25) is 17.7 Å². The molecular weight excluding hydrogens is 454 g/mol. The minimum atomic E-state index is -0.730. The Balaban J connectivity index is 1.21. The van der Waals surface area contributed by atoms with Gasteiger partial charge in [-0.3, -0.25) is 14.4 Å². The number of anilines is 1. The molecule has 3 aliphatic rings. The maximum atomic E-state index is 13.5. The van der Waals surface area contributed by atoms with Gasteiger partial charge in [0.15, 0.2) is 5.58 Å². The van der Waals surface area contributed by atoms with Crippen molar-refractivity contribution in [2.75, 3.05) is 11.4 Å². The number of para-hydroxylation sites is 2. The van der Waals surface area contributed by atoms with Gasteiger partial charge in [-0.05, 0) is 81.3 Å². The standard InChI is InChI=1S/C29H29N3O4/c33-26-18-24(31(28(34)21-10-11-21)17-16-19-6-2-1-3-7-19)29(35)32(26)22-14-12-20(13-15-22)27-30-23-8-4-5-9-25(23)36-27/h4-6,8-9,12-15,21,24H,1-3,7,10-11,16-18H2. The Morgan fingerprint density at radius 1 is 1.06 bits per heavy atom. The molecule has 1 aromatic heterocycles. The monoisotopic (exact) mass is 483 g/mol. The molecule has 1 atom stereocenters. The van der Waals surface area contributed by atoms with Crippen LogP contribution >= 0.6 is 0 Å². The highest BCUT2D eigenvalue weighted by molar-refractivity contribution is 6.23. The smallest absolute Gasteiger partial charge is 0.257 e. The van der Waals surface area contributed by atoms with Gasteiger partial charge in [0.05, 0.1) is 12.1 Å². The van der Waals surface area contributed by atoms with Gasteiger partial charge in [0.1, 0.15) is 11.6 Å². The summed E-state index contributed by atoms with van der Waals surface area (Å²) in [4.78, 5) is 47.1. The number of hydrogen-bond acceptors (Lipinski definition) is 5. The molecule has 1 aliphatic heterocycles. The summed E-state index contributed by atoms with van der Waals surface area (Å²) in [5.74, 6) is -0.0900. The number of amides is 3. The van der Waals surface area contributed by atoms with Crippen molar-refractivity contribution >= 4 is 34.5 Å². The summed E-state index contributed by atoms with van der Waals surface area (Å²) in [5, 5.41) is 0. The van der Waals surface area contributed by atoms with Crippen LogP contribution in [0.2, 0.25) is 0 Å². The second kappa shape index (κ2) is 9.37. The predicted octanol–water partition coefficient (Wildman–Crippen LogP) is 5.26. The number of imide groups is 1. The lowest BCUT2D eigenvalue weighted by atomic mass is 9.97. The van der Waals surface area contributed by atoms with Crippen molar-refractivity contribution in [2.45, 2.75) is 57.4 Å². The average Bonchev–Trinajstić information content (AvgIpc) is 3.60. The summed E-state index contributed by atoms with van der Waals surface area (Å²) >= 11 is 0. The summed E-state index contributed by atoms with van der Waals surface area (Å²) in [7, 11) is 0. The minimum absolute atomic E-state index is 0.00196. The van der Waals surface area contributed by atoms with Crippen molar-refractivity contribution < 1.29 is 18.8 Å². The van der Waals surface area contributed by atoms with Crippen molar-refractivity contribution in [3.8, 4) is 11.5 Å². The van der Waals surface area contributed by atoms with Crippen molar-refractivity contribution in [1.82, 2.24) is 9.88 Å². The van der Waals surface area contributed by atoms with Gasteiger partial charge < -0.3 is 9.32 Å². The van der Waals surface area contributed by atoms with Gasteiger partial charge in [0.25, 0.3) is 5.91 Å². The predicted molar refractivity (Wildman–Crippen MR) is 136 cm³/mol. The fraction of sp³-hybridized carbons (Fsp3) is 0.379. The molecule has 7 nitrogen and oxygen atoms in total. The quantitative estimate of drug-likeness (QED) is 0.338. The SMILES string of the molecule is O=C1CC(N(CCC2=CCCCC2)C(=O)C2CC2)C(=O)N1c1ccc(-c2nc3ccccc3o2)cc1. The van der Waals surface area contributed by atoms with Crippen LogP contribution in [0.1, 0.15) is 51.4 Å². The summed E-state index contributed by atoms with van der Waals surface area (Å²) in [6.07, 6.45) is 9.35. The summed E-state index contributed by atoms with van der Waals surface area (Å²) in [6.45, 7) is 0.495. The number of oxazole rings is 1. The van der Waals surface area contributed by atoms with E-state index >= 15 is 0 Å². The topological polar surface area (TPSA) is 83.7 Å². The van der Waals surface area contributed by atoms with E-state index in [1.807, 2.05) is 24.3 Å². The highest BCUT2D eigenvalue weighted by atomic mass is 16.3. The molecule has 1 unspecified atom stereocenters. The normalized spacial score (nSPS) is 20.2. The highest BCUT2D eigenvalue weighted by Gasteiger charge is 2.46. The van der Waals surface area contributed by atoms with E-state index in [9.17, 15) is 14.4 Å². The first-order valence-electron chi connectivity index (χ1n) is 12.9. The fourth-order valence-electron chi connectivity index (χ4n) is 5.26. The number of aromatic nitrogens is 1. The molecule has 6 rings (SSSR count). The van der Waals surface area contributed by atoms with Gasteiger partial charge in [0, 0.05) is 18.0 Å². The number of allylic oxidation sites excluding steroid dienone is 1. The zero-order valence-corrected chi connectivity index (χ0v) is 20.2. The highest BCUT2D eigenvalue weighted by Crippen LogP contribution is 2.35.